The SMILES string of the molecule is Cc1cc(Nc2cc(Cl)nc(NC3CC4CCC5CC3CC4(O)C5)n2)n[nH]1. The molecule has 0 amide bonds. The molecule has 2 heterocycles. The van der Waals surface area contributed by atoms with Gasteiger partial charge in [0.15, 0.2) is 5.82 Å². The maximum absolute atomic E-state index is 11.0. The maximum atomic E-state index is 11.0. The third kappa shape index (κ3) is 3.27. The minimum Gasteiger partial charge on any atom is -0.390 e. The lowest BCUT2D eigenvalue weighted by atomic mass is 9.54. The van der Waals surface area contributed by atoms with E-state index >= 15 is 0 Å². The average molecular weight is 389 g/mol. The molecule has 5 unspecified atom stereocenters. The van der Waals surface area contributed by atoms with Gasteiger partial charge in [0.2, 0.25) is 5.95 Å². The third-order valence-corrected chi connectivity index (χ3v) is 6.85. The fourth-order valence-corrected chi connectivity index (χ4v) is 5.72. The van der Waals surface area contributed by atoms with E-state index in [1.165, 1.54) is 12.8 Å². The van der Waals surface area contributed by atoms with Gasteiger partial charge in [-0.3, -0.25) is 5.10 Å². The third-order valence-electron chi connectivity index (χ3n) is 6.66. The molecule has 8 heteroatoms. The zero-order chi connectivity index (χ0) is 18.6. The molecule has 0 aromatic carbocycles. The Morgan fingerprint density at radius 1 is 1.19 bits per heavy atom. The standard InChI is InChI=1S/C19H25ClN6O/c1-10-4-17(26-25-10)23-16-7-15(20)22-18(24-16)21-14-6-13-3-2-11-5-12(14)9-19(13,27)8-11/h4,7,11-14,27H,2-3,5-6,8-9H2,1H3,(H3,21,22,23,24,25,26). The van der Waals surface area contributed by atoms with Gasteiger partial charge in [0.05, 0.1) is 5.60 Å². The van der Waals surface area contributed by atoms with Gasteiger partial charge in [-0.25, -0.2) is 4.98 Å². The van der Waals surface area contributed by atoms with Crippen LogP contribution in [0.2, 0.25) is 5.15 Å². The number of fused-ring (bicyclic) bond motifs is 2. The molecule has 0 spiro atoms. The summed E-state index contributed by atoms with van der Waals surface area (Å²) in [5.41, 5.74) is 0.530. The number of halogens is 1. The molecule has 144 valence electrons. The van der Waals surface area contributed by atoms with Crippen molar-refractivity contribution in [3.8, 4) is 0 Å². The Hall–Kier alpha value is -1.86. The fourth-order valence-electron chi connectivity index (χ4n) is 5.54. The minimum absolute atomic E-state index is 0.289. The number of nitrogens with one attached hydrogen (secondary N) is 3. The summed E-state index contributed by atoms with van der Waals surface area (Å²) in [6.07, 6.45) is 6.44. The molecular weight excluding hydrogens is 364 g/mol. The Kier molecular flexibility index (Phi) is 4.05. The normalized spacial score (nSPS) is 34.5. The zero-order valence-electron chi connectivity index (χ0n) is 15.4. The number of aromatic nitrogens is 4. The highest BCUT2D eigenvalue weighted by atomic mass is 35.5. The fraction of sp³-hybridized carbons (Fsp3) is 0.632. The van der Waals surface area contributed by atoms with Crippen molar-refractivity contribution in [2.24, 2.45) is 17.8 Å². The van der Waals surface area contributed by atoms with Crippen molar-refractivity contribution < 1.29 is 5.11 Å². The molecule has 3 bridgehead atoms. The molecule has 4 N–H and O–H groups in total. The monoisotopic (exact) mass is 388 g/mol. The summed E-state index contributed by atoms with van der Waals surface area (Å²) in [6, 6.07) is 3.89. The molecule has 7 nitrogen and oxygen atoms in total. The molecule has 3 saturated carbocycles. The van der Waals surface area contributed by atoms with Gasteiger partial charge in [-0.15, -0.1) is 0 Å². The maximum Gasteiger partial charge on any atom is 0.226 e. The first-order valence-electron chi connectivity index (χ1n) is 9.79. The first kappa shape index (κ1) is 17.3. The number of rotatable bonds is 4. The second-order valence-electron chi connectivity index (χ2n) is 8.60. The van der Waals surface area contributed by atoms with E-state index in [9.17, 15) is 5.11 Å². The summed E-state index contributed by atoms with van der Waals surface area (Å²) in [4.78, 5) is 8.96. The predicted octanol–water partition coefficient (Wildman–Crippen LogP) is 3.65. The van der Waals surface area contributed by atoms with Crippen LogP contribution in [0.15, 0.2) is 12.1 Å². The topological polar surface area (TPSA) is 98.8 Å². The van der Waals surface area contributed by atoms with E-state index in [1.807, 2.05) is 13.0 Å². The van der Waals surface area contributed by atoms with Crippen molar-refractivity contribution in [1.29, 1.82) is 0 Å². The number of hydrogen-bond donors (Lipinski definition) is 4. The highest BCUT2D eigenvalue weighted by molar-refractivity contribution is 6.29. The number of aryl methyl sites for hydroxylation is 1. The van der Waals surface area contributed by atoms with E-state index in [0.29, 0.717) is 40.5 Å². The van der Waals surface area contributed by atoms with Crippen molar-refractivity contribution in [3.63, 3.8) is 0 Å². The number of H-pyrrole nitrogens is 1. The van der Waals surface area contributed by atoms with Gasteiger partial charge in [0.25, 0.3) is 0 Å². The van der Waals surface area contributed by atoms with Crippen LogP contribution in [0.3, 0.4) is 0 Å². The van der Waals surface area contributed by atoms with Gasteiger partial charge in [0.1, 0.15) is 11.0 Å². The highest BCUT2D eigenvalue weighted by Crippen LogP contribution is 2.55. The largest absolute Gasteiger partial charge is 0.390 e. The Balaban J connectivity index is 1.35. The number of hydrogen-bond acceptors (Lipinski definition) is 6. The van der Waals surface area contributed by atoms with E-state index in [4.69, 9.17) is 11.6 Å². The minimum atomic E-state index is -0.441. The first-order chi connectivity index (χ1) is 13.0. The molecule has 27 heavy (non-hydrogen) atoms. The molecule has 0 radical (unpaired) electrons. The zero-order valence-corrected chi connectivity index (χ0v) is 16.1. The quantitative estimate of drug-likeness (QED) is 0.597. The van der Waals surface area contributed by atoms with E-state index in [0.717, 1.165) is 31.4 Å². The molecule has 5 atom stereocenters. The van der Waals surface area contributed by atoms with Gasteiger partial charge in [-0.1, -0.05) is 11.6 Å². The molecule has 3 fully saturated rings. The highest BCUT2D eigenvalue weighted by Gasteiger charge is 2.53. The summed E-state index contributed by atoms with van der Waals surface area (Å²) in [5.74, 6) is 3.36. The Bertz CT molecular complexity index is 856. The number of anilines is 3. The molecular formula is C19H25ClN6O. The predicted molar refractivity (Wildman–Crippen MR) is 104 cm³/mol. The summed E-state index contributed by atoms with van der Waals surface area (Å²) in [7, 11) is 0. The summed E-state index contributed by atoms with van der Waals surface area (Å²) in [5, 5.41) is 25.2. The van der Waals surface area contributed by atoms with E-state index in [1.54, 1.807) is 6.07 Å². The van der Waals surface area contributed by atoms with Crippen LogP contribution >= 0.6 is 11.6 Å². The smallest absolute Gasteiger partial charge is 0.226 e. The van der Waals surface area contributed by atoms with Gasteiger partial charge >= 0.3 is 0 Å². The van der Waals surface area contributed by atoms with Gasteiger partial charge in [-0.2, -0.15) is 10.1 Å². The summed E-state index contributed by atoms with van der Waals surface area (Å²) in [6.45, 7) is 1.94. The average Bonchev–Trinajstić information content (AvgIpc) is 2.99. The Morgan fingerprint density at radius 2 is 2.07 bits per heavy atom. The van der Waals surface area contributed by atoms with Gasteiger partial charge in [-0.05, 0) is 63.2 Å². The first-order valence-corrected chi connectivity index (χ1v) is 10.2. The van der Waals surface area contributed by atoms with Crippen LogP contribution in [0, 0.1) is 24.7 Å². The number of nitrogens with zero attached hydrogens (tertiary/aromatic N) is 3. The lowest BCUT2D eigenvalue weighted by Gasteiger charge is -2.56. The van der Waals surface area contributed by atoms with Crippen LogP contribution in [0.5, 0.6) is 0 Å². The lowest BCUT2D eigenvalue weighted by molar-refractivity contribution is -0.139. The van der Waals surface area contributed by atoms with Crippen molar-refractivity contribution in [2.75, 3.05) is 10.6 Å². The van der Waals surface area contributed by atoms with Crippen molar-refractivity contribution >= 4 is 29.2 Å². The van der Waals surface area contributed by atoms with Gasteiger partial charge < -0.3 is 15.7 Å². The van der Waals surface area contributed by atoms with Crippen LogP contribution in [-0.2, 0) is 0 Å². The Labute approximate surface area is 163 Å². The molecule has 0 aliphatic heterocycles. The van der Waals surface area contributed by atoms with Crippen LogP contribution < -0.4 is 10.6 Å². The number of aromatic amines is 1. The van der Waals surface area contributed by atoms with E-state index in [2.05, 4.69) is 30.8 Å². The molecule has 3 aliphatic carbocycles. The molecule has 5 rings (SSSR count). The van der Waals surface area contributed by atoms with Crippen molar-refractivity contribution in [1.82, 2.24) is 20.2 Å². The molecule has 3 aliphatic rings. The Morgan fingerprint density at radius 3 is 2.89 bits per heavy atom. The van der Waals surface area contributed by atoms with Crippen LogP contribution in [0.1, 0.15) is 44.2 Å². The van der Waals surface area contributed by atoms with E-state index in [-0.39, 0.29) is 6.04 Å². The summed E-state index contributed by atoms with van der Waals surface area (Å²) < 4.78 is 0. The number of aliphatic hydroxyl groups is 1. The van der Waals surface area contributed by atoms with Crippen LogP contribution in [0.4, 0.5) is 17.6 Å². The summed E-state index contributed by atoms with van der Waals surface area (Å²) >= 11 is 6.23. The van der Waals surface area contributed by atoms with Gasteiger partial charge in [0, 0.05) is 23.9 Å². The van der Waals surface area contributed by atoms with Crippen LogP contribution in [0.25, 0.3) is 0 Å². The van der Waals surface area contributed by atoms with Crippen LogP contribution in [-0.4, -0.2) is 36.9 Å². The molecule has 2 aromatic heterocycles. The van der Waals surface area contributed by atoms with E-state index < -0.39 is 5.60 Å². The lowest BCUT2D eigenvalue weighted by Crippen LogP contribution is -2.57. The molecule has 2 aromatic rings. The second kappa shape index (κ2) is 6.34. The van der Waals surface area contributed by atoms with Crippen molar-refractivity contribution in [2.45, 2.75) is 57.1 Å². The molecule has 0 saturated heterocycles. The second-order valence-corrected chi connectivity index (χ2v) is 8.98. The van der Waals surface area contributed by atoms with Crippen molar-refractivity contribution in [3.05, 3.63) is 23.0 Å².